The van der Waals surface area contributed by atoms with Crippen molar-refractivity contribution in [3.05, 3.63) is 15.7 Å². The molecule has 0 spiro atoms. The molecule has 10 heavy (non-hydrogen) atoms. The molecule has 0 N–H and O–H groups in total. The van der Waals surface area contributed by atoms with Crippen LogP contribution in [-0.2, 0) is 0 Å². The summed E-state index contributed by atoms with van der Waals surface area (Å²) in [5.74, 6) is 0.435. The Balaban J connectivity index is 3.07. The number of methoxy groups -OCH3 is 1. The highest BCUT2D eigenvalue weighted by molar-refractivity contribution is 9.10. The van der Waals surface area contributed by atoms with Crippen molar-refractivity contribution in [3.8, 4) is 5.88 Å². The molecule has 0 amide bonds. The molecule has 0 saturated carbocycles. The lowest BCUT2D eigenvalue weighted by Gasteiger charge is -1.98. The van der Waals surface area contributed by atoms with E-state index in [1.165, 1.54) is 7.11 Å². The molecule has 1 aromatic rings. The van der Waals surface area contributed by atoms with E-state index >= 15 is 0 Å². The maximum atomic E-state index is 5.51. The van der Waals surface area contributed by atoms with Crippen LogP contribution in [0.2, 0.25) is 5.15 Å². The number of nitrogens with zero attached hydrogens (tertiary/aromatic N) is 2. The predicted molar refractivity (Wildman–Crippen MR) is 41.3 cm³/mol. The van der Waals surface area contributed by atoms with Crippen LogP contribution < -0.4 is 4.74 Å². The van der Waals surface area contributed by atoms with Crippen LogP contribution >= 0.6 is 27.5 Å². The zero-order valence-electron chi connectivity index (χ0n) is 5.14. The first-order valence-electron chi connectivity index (χ1n) is 2.46. The number of rotatable bonds is 1. The topological polar surface area (TPSA) is 35.0 Å². The molecule has 0 bridgehead atoms. The van der Waals surface area contributed by atoms with Gasteiger partial charge in [-0.3, -0.25) is 0 Å². The molecular weight excluding hydrogens is 219 g/mol. The van der Waals surface area contributed by atoms with Gasteiger partial charge < -0.3 is 4.74 Å². The normalized spacial score (nSPS) is 9.50. The Morgan fingerprint density at radius 1 is 1.60 bits per heavy atom. The van der Waals surface area contributed by atoms with Crippen LogP contribution in [0, 0.1) is 0 Å². The van der Waals surface area contributed by atoms with Crippen molar-refractivity contribution in [2.24, 2.45) is 0 Å². The first kappa shape index (κ1) is 7.75. The molecule has 5 heteroatoms. The van der Waals surface area contributed by atoms with E-state index in [-0.39, 0.29) is 0 Å². The molecule has 0 fully saturated rings. The number of aromatic nitrogens is 2. The summed E-state index contributed by atoms with van der Waals surface area (Å²) in [5.41, 5.74) is 0. The number of ether oxygens (including phenoxy) is 1. The van der Waals surface area contributed by atoms with Crippen LogP contribution in [0.15, 0.2) is 10.5 Å². The highest BCUT2D eigenvalue weighted by Gasteiger charge is 2.01. The van der Waals surface area contributed by atoms with E-state index in [4.69, 9.17) is 16.3 Å². The Morgan fingerprint density at radius 2 is 2.30 bits per heavy atom. The maximum Gasteiger partial charge on any atom is 0.247 e. The molecule has 0 aliphatic heterocycles. The molecule has 0 aliphatic carbocycles. The first-order chi connectivity index (χ1) is 4.74. The van der Waals surface area contributed by atoms with E-state index in [1.807, 2.05) is 0 Å². The van der Waals surface area contributed by atoms with Crippen molar-refractivity contribution in [1.82, 2.24) is 10.2 Å². The highest BCUT2D eigenvalue weighted by Crippen LogP contribution is 2.22. The minimum Gasteiger partial charge on any atom is -0.479 e. The first-order valence-corrected chi connectivity index (χ1v) is 3.64. The highest BCUT2D eigenvalue weighted by atomic mass is 79.9. The fourth-order valence-electron chi connectivity index (χ4n) is 0.474. The Labute approximate surface area is 71.5 Å². The predicted octanol–water partition coefficient (Wildman–Crippen LogP) is 1.90. The SMILES string of the molecule is COc1nnc(Cl)cc1Br. The largest absolute Gasteiger partial charge is 0.479 e. The summed E-state index contributed by atoms with van der Waals surface area (Å²) in [5, 5.41) is 7.56. The molecule has 1 aromatic heterocycles. The Hall–Kier alpha value is -0.350. The minimum atomic E-state index is 0.340. The van der Waals surface area contributed by atoms with Crippen molar-refractivity contribution in [2.75, 3.05) is 7.11 Å². The van der Waals surface area contributed by atoms with Crippen LogP contribution in [-0.4, -0.2) is 17.3 Å². The number of halogens is 2. The summed E-state index contributed by atoms with van der Waals surface area (Å²) in [6.07, 6.45) is 0. The Bertz CT molecular complexity index is 243. The zero-order chi connectivity index (χ0) is 7.56. The third kappa shape index (κ3) is 1.58. The number of hydrogen-bond acceptors (Lipinski definition) is 3. The van der Waals surface area contributed by atoms with E-state index in [0.717, 1.165) is 0 Å². The average Bonchev–Trinajstić information content (AvgIpc) is 1.88. The minimum absolute atomic E-state index is 0.340. The van der Waals surface area contributed by atoms with Gasteiger partial charge in [-0.2, -0.15) is 0 Å². The standard InChI is InChI=1S/C5H4BrClN2O/c1-10-5-3(6)2-4(7)8-9-5/h2H,1H3. The summed E-state index contributed by atoms with van der Waals surface area (Å²) in [7, 11) is 1.52. The van der Waals surface area contributed by atoms with E-state index < -0.39 is 0 Å². The molecule has 54 valence electrons. The van der Waals surface area contributed by atoms with Crippen LogP contribution in [0.25, 0.3) is 0 Å². The summed E-state index contributed by atoms with van der Waals surface area (Å²) in [6, 6.07) is 1.62. The Kier molecular flexibility index (Phi) is 2.45. The summed E-state index contributed by atoms with van der Waals surface area (Å²) < 4.78 is 5.52. The van der Waals surface area contributed by atoms with Crippen LogP contribution in [0.3, 0.4) is 0 Å². The molecule has 0 aliphatic rings. The Morgan fingerprint density at radius 3 is 2.80 bits per heavy atom. The van der Waals surface area contributed by atoms with E-state index in [9.17, 15) is 0 Å². The van der Waals surface area contributed by atoms with Gasteiger partial charge in [0.1, 0.15) is 0 Å². The van der Waals surface area contributed by atoms with Gasteiger partial charge >= 0.3 is 0 Å². The summed E-state index contributed by atoms with van der Waals surface area (Å²) in [4.78, 5) is 0. The van der Waals surface area contributed by atoms with Gasteiger partial charge in [-0.05, 0) is 22.0 Å². The smallest absolute Gasteiger partial charge is 0.247 e. The molecular formula is C5H4BrClN2O. The molecule has 0 saturated heterocycles. The lowest BCUT2D eigenvalue weighted by Crippen LogP contribution is -1.90. The lowest BCUT2D eigenvalue weighted by molar-refractivity contribution is 0.389. The lowest BCUT2D eigenvalue weighted by atomic mass is 10.6. The fraction of sp³-hybridized carbons (Fsp3) is 0.200. The summed E-state index contributed by atoms with van der Waals surface area (Å²) in [6.45, 7) is 0. The van der Waals surface area contributed by atoms with E-state index in [1.54, 1.807) is 6.07 Å². The second kappa shape index (κ2) is 3.16. The van der Waals surface area contributed by atoms with Gasteiger partial charge in [-0.1, -0.05) is 11.6 Å². The molecule has 0 aromatic carbocycles. The van der Waals surface area contributed by atoms with Gasteiger partial charge in [0.05, 0.1) is 11.6 Å². The quantitative estimate of drug-likeness (QED) is 0.729. The average molecular weight is 223 g/mol. The molecule has 0 unspecified atom stereocenters. The van der Waals surface area contributed by atoms with Gasteiger partial charge in [0.2, 0.25) is 5.88 Å². The molecule has 1 rings (SSSR count). The molecule has 3 nitrogen and oxygen atoms in total. The van der Waals surface area contributed by atoms with E-state index in [0.29, 0.717) is 15.5 Å². The van der Waals surface area contributed by atoms with Crippen LogP contribution in [0.1, 0.15) is 0 Å². The van der Waals surface area contributed by atoms with Crippen molar-refractivity contribution in [3.63, 3.8) is 0 Å². The number of hydrogen-bond donors (Lipinski definition) is 0. The van der Waals surface area contributed by atoms with Gasteiger partial charge in [0.25, 0.3) is 0 Å². The van der Waals surface area contributed by atoms with Gasteiger partial charge in [-0.25, -0.2) is 0 Å². The van der Waals surface area contributed by atoms with Gasteiger partial charge in [0.15, 0.2) is 5.15 Å². The third-order valence-corrected chi connectivity index (χ3v) is 1.63. The van der Waals surface area contributed by atoms with Gasteiger partial charge in [-0.15, -0.1) is 10.2 Å². The van der Waals surface area contributed by atoms with Crippen LogP contribution in [0.5, 0.6) is 5.88 Å². The second-order valence-corrected chi connectivity index (χ2v) is 2.77. The van der Waals surface area contributed by atoms with Crippen LogP contribution in [0.4, 0.5) is 0 Å². The molecule has 1 heterocycles. The molecule has 0 atom stereocenters. The fourth-order valence-corrected chi connectivity index (χ4v) is 1.21. The zero-order valence-corrected chi connectivity index (χ0v) is 7.48. The van der Waals surface area contributed by atoms with E-state index in [2.05, 4.69) is 26.1 Å². The summed E-state index contributed by atoms with van der Waals surface area (Å²) >= 11 is 8.71. The second-order valence-electron chi connectivity index (χ2n) is 1.52. The van der Waals surface area contributed by atoms with Crippen molar-refractivity contribution in [2.45, 2.75) is 0 Å². The third-order valence-electron chi connectivity index (χ3n) is 0.880. The monoisotopic (exact) mass is 222 g/mol. The van der Waals surface area contributed by atoms with Crippen molar-refractivity contribution < 1.29 is 4.74 Å². The van der Waals surface area contributed by atoms with Gasteiger partial charge in [0, 0.05) is 0 Å². The van der Waals surface area contributed by atoms with Crippen molar-refractivity contribution >= 4 is 27.5 Å². The molecule has 0 radical (unpaired) electrons. The van der Waals surface area contributed by atoms with Crippen molar-refractivity contribution in [1.29, 1.82) is 0 Å². The maximum absolute atomic E-state index is 5.51.